The SMILES string of the molecule is CS(=O)Cc1cccc(Nc2cc(NC3CC3)n3ncc(C#N)c3n2)c1. The highest BCUT2D eigenvalue weighted by Crippen LogP contribution is 2.28. The Morgan fingerprint density at radius 3 is 2.96 bits per heavy atom. The van der Waals surface area contributed by atoms with Gasteiger partial charge in [0, 0.05) is 40.6 Å². The molecule has 4 rings (SSSR count). The van der Waals surface area contributed by atoms with Gasteiger partial charge in [-0.15, -0.1) is 0 Å². The number of nitrogens with one attached hydrogen (secondary N) is 2. The molecule has 3 aromatic rings. The third-order valence-electron chi connectivity index (χ3n) is 4.09. The van der Waals surface area contributed by atoms with Gasteiger partial charge in [0.15, 0.2) is 5.65 Å². The molecule has 26 heavy (non-hydrogen) atoms. The Balaban J connectivity index is 1.69. The van der Waals surface area contributed by atoms with Gasteiger partial charge in [0.2, 0.25) is 0 Å². The van der Waals surface area contributed by atoms with E-state index in [1.165, 1.54) is 6.20 Å². The molecule has 1 fully saturated rings. The van der Waals surface area contributed by atoms with Crippen molar-refractivity contribution in [3.8, 4) is 6.07 Å². The minimum Gasteiger partial charge on any atom is -0.367 e. The van der Waals surface area contributed by atoms with Crippen LogP contribution in [0.1, 0.15) is 24.0 Å². The highest BCUT2D eigenvalue weighted by Gasteiger charge is 2.23. The summed E-state index contributed by atoms with van der Waals surface area (Å²) in [4.78, 5) is 4.55. The fraction of sp³-hybridized carbons (Fsp3) is 0.278. The molecule has 8 heteroatoms. The Bertz CT molecular complexity index is 1030. The molecule has 0 bridgehead atoms. The maximum atomic E-state index is 11.5. The minimum absolute atomic E-state index is 0.433. The van der Waals surface area contributed by atoms with Crippen molar-refractivity contribution in [2.24, 2.45) is 0 Å². The van der Waals surface area contributed by atoms with Crippen LogP contribution >= 0.6 is 0 Å². The van der Waals surface area contributed by atoms with Gasteiger partial charge in [-0.25, -0.2) is 4.98 Å². The van der Waals surface area contributed by atoms with Gasteiger partial charge in [-0.1, -0.05) is 12.1 Å². The second kappa shape index (κ2) is 6.77. The lowest BCUT2D eigenvalue weighted by Gasteiger charge is -2.12. The third-order valence-corrected chi connectivity index (χ3v) is 4.83. The molecule has 0 radical (unpaired) electrons. The van der Waals surface area contributed by atoms with Crippen molar-refractivity contribution in [3.63, 3.8) is 0 Å². The Morgan fingerprint density at radius 1 is 1.38 bits per heavy atom. The summed E-state index contributed by atoms with van der Waals surface area (Å²) in [5, 5.41) is 20.3. The first-order valence-electron chi connectivity index (χ1n) is 8.34. The van der Waals surface area contributed by atoms with Crippen LogP contribution in [-0.4, -0.2) is 31.1 Å². The maximum absolute atomic E-state index is 11.5. The predicted octanol–water partition coefficient (Wildman–Crippen LogP) is 2.80. The lowest BCUT2D eigenvalue weighted by atomic mass is 10.2. The summed E-state index contributed by atoms with van der Waals surface area (Å²) in [5.74, 6) is 1.96. The number of hydrogen-bond donors (Lipinski definition) is 2. The van der Waals surface area contributed by atoms with Gasteiger partial charge >= 0.3 is 0 Å². The van der Waals surface area contributed by atoms with E-state index < -0.39 is 10.8 Å². The molecule has 2 heterocycles. The van der Waals surface area contributed by atoms with Crippen LogP contribution in [0, 0.1) is 11.3 Å². The van der Waals surface area contributed by atoms with E-state index in [-0.39, 0.29) is 0 Å². The summed E-state index contributed by atoms with van der Waals surface area (Å²) in [7, 11) is -0.893. The quantitative estimate of drug-likeness (QED) is 0.696. The number of rotatable bonds is 6. The average Bonchev–Trinajstić information content (AvgIpc) is 3.31. The Kier molecular flexibility index (Phi) is 4.31. The summed E-state index contributed by atoms with van der Waals surface area (Å²) in [6, 6.07) is 12.2. The lowest BCUT2D eigenvalue weighted by molar-refractivity contribution is 0.686. The largest absolute Gasteiger partial charge is 0.367 e. The standard InChI is InChI=1S/C18H18N6OS/c1-26(25)11-12-3-2-4-15(7-12)21-16-8-17(22-14-5-6-14)24-18(23-16)13(9-19)10-20-24/h2-4,7-8,10,14,22H,5-6,11H2,1H3,(H,21,23). The molecule has 1 atom stereocenters. The molecule has 1 saturated carbocycles. The van der Waals surface area contributed by atoms with Crippen LogP contribution in [0.25, 0.3) is 5.65 Å². The molecule has 0 spiro atoms. The zero-order chi connectivity index (χ0) is 18.1. The number of benzene rings is 1. The van der Waals surface area contributed by atoms with Crippen LogP contribution in [0.3, 0.4) is 0 Å². The minimum atomic E-state index is -0.893. The van der Waals surface area contributed by atoms with Gasteiger partial charge in [0.1, 0.15) is 23.3 Å². The first-order valence-corrected chi connectivity index (χ1v) is 10.1. The summed E-state index contributed by atoms with van der Waals surface area (Å²) >= 11 is 0. The van der Waals surface area contributed by atoms with E-state index in [1.54, 1.807) is 10.8 Å². The monoisotopic (exact) mass is 366 g/mol. The van der Waals surface area contributed by atoms with Crippen molar-refractivity contribution in [1.82, 2.24) is 14.6 Å². The zero-order valence-corrected chi connectivity index (χ0v) is 15.1. The highest BCUT2D eigenvalue weighted by molar-refractivity contribution is 7.83. The van der Waals surface area contributed by atoms with E-state index in [9.17, 15) is 9.47 Å². The van der Waals surface area contributed by atoms with Crippen LogP contribution < -0.4 is 10.6 Å². The predicted molar refractivity (Wildman–Crippen MR) is 102 cm³/mol. The first-order chi connectivity index (χ1) is 12.6. The number of fused-ring (bicyclic) bond motifs is 1. The van der Waals surface area contributed by atoms with Crippen LogP contribution in [-0.2, 0) is 16.6 Å². The molecule has 2 aromatic heterocycles. The summed E-state index contributed by atoms with van der Waals surface area (Å²) in [6.07, 6.45) is 5.49. The maximum Gasteiger partial charge on any atom is 0.177 e. The zero-order valence-electron chi connectivity index (χ0n) is 14.3. The molecular weight excluding hydrogens is 348 g/mol. The Labute approximate surface area is 153 Å². The van der Waals surface area contributed by atoms with Gasteiger partial charge in [0.25, 0.3) is 0 Å². The number of anilines is 3. The number of hydrogen-bond acceptors (Lipinski definition) is 6. The summed E-state index contributed by atoms with van der Waals surface area (Å²) in [5.41, 5.74) is 2.81. The van der Waals surface area contributed by atoms with Crippen molar-refractivity contribution in [1.29, 1.82) is 5.26 Å². The first kappa shape index (κ1) is 16.5. The molecule has 1 aliphatic carbocycles. The second-order valence-electron chi connectivity index (χ2n) is 6.39. The van der Waals surface area contributed by atoms with Crippen molar-refractivity contribution >= 4 is 33.8 Å². The Morgan fingerprint density at radius 2 is 2.23 bits per heavy atom. The second-order valence-corrected chi connectivity index (χ2v) is 7.83. The van der Waals surface area contributed by atoms with Gasteiger partial charge < -0.3 is 10.6 Å². The molecule has 0 amide bonds. The van der Waals surface area contributed by atoms with Gasteiger partial charge in [-0.2, -0.15) is 14.9 Å². The topological polar surface area (TPSA) is 95.1 Å². The molecular formula is C18H18N6OS. The van der Waals surface area contributed by atoms with Crippen LogP contribution in [0.15, 0.2) is 36.5 Å². The van der Waals surface area contributed by atoms with Gasteiger partial charge in [-0.3, -0.25) is 4.21 Å². The normalized spacial score (nSPS) is 14.8. The van der Waals surface area contributed by atoms with Gasteiger partial charge in [0.05, 0.1) is 6.20 Å². The molecule has 2 N–H and O–H groups in total. The molecule has 1 aromatic carbocycles. The van der Waals surface area contributed by atoms with Crippen molar-refractivity contribution in [2.45, 2.75) is 24.6 Å². The van der Waals surface area contributed by atoms with Crippen molar-refractivity contribution in [3.05, 3.63) is 47.7 Å². The molecule has 1 aliphatic rings. The van der Waals surface area contributed by atoms with Crippen molar-refractivity contribution < 1.29 is 4.21 Å². The van der Waals surface area contributed by atoms with Crippen LogP contribution in [0.4, 0.5) is 17.3 Å². The highest BCUT2D eigenvalue weighted by atomic mass is 32.2. The average molecular weight is 366 g/mol. The number of aromatic nitrogens is 3. The van der Waals surface area contributed by atoms with E-state index in [2.05, 4.69) is 26.8 Å². The fourth-order valence-corrected chi connectivity index (χ4v) is 3.42. The molecule has 0 aliphatic heterocycles. The summed E-state index contributed by atoms with van der Waals surface area (Å²) in [6.45, 7) is 0. The van der Waals surface area contributed by atoms with Crippen LogP contribution in [0.5, 0.6) is 0 Å². The lowest BCUT2D eigenvalue weighted by Crippen LogP contribution is -2.09. The summed E-state index contributed by atoms with van der Waals surface area (Å²) < 4.78 is 13.1. The van der Waals surface area contributed by atoms with E-state index in [4.69, 9.17) is 0 Å². The smallest absolute Gasteiger partial charge is 0.177 e. The number of nitriles is 1. The Hall–Kier alpha value is -2.92. The van der Waals surface area contributed by atoms with Crippen molar-refractivity contribution in [2.75, 3.05) is 16.9 Å². The van der Waals surface area contributed by atoms with Crippen LogP contribution in [0.2, 0.25) is 0 Å². The fourth-order valence-electron chi connectivity index (χ4n) is 2.77. The van der Waals surface area contributed by atoms with E-state index in [1.807, 2.05) is 30.3 Å². The van der Waals surface area contributed by atoms with E-state index >= 15 is 0 Å². The molecule has 7 nitrogen and oxygen atoms in total. The van der Waals surface area contributed by atoms with E-state index in [0.717, 1.165) is 29.9 Å². The molecule has 1 unspecified atom stereocenters. The number of nitrogens with zero attached hydrogens (tertiary/aromatic N) is 4. The van der Waals surface area contributed by atoms with E-state index in [0.29, 0.717) is 28.8 Å². The molecule has 0 saturated heterocycles. The molecule has 132 valence electrons. The van der Waals surface area contributed by atoms with Gasteiger partial charge in [-0.05, 0) is 30.5 Å². The third kappa shape index (κ3) is 3.53.